The molecule has 112 valence electrons. The fourth-order valence-electron chi connectivity index (χ4n) is 3.29. The van der Waals surface area contributed by atoms with Gasteiger partial charge < -0.3 is 15.0 Å². The molecule has 20 heavy (non-hydrogen) atoms. The fraction of sp³-hybridized carbons (Fsp3) is 0.733. The van der Waals surface area contributed by atoms with Crippen LogP contribution in [0.4, 0.5) is 5.82 Å². The van der Waals surface area contributed by atoms with Crippen LogP contribution < -0.4 is 5.73 Å². The van der Waals surface area contributed by atoms with E-state index < -0.39 is 5.97 Å². The van der Waals surface area contributed by atoms with E-state index in [2.05, 4.69) is 23.4 Å². The summed E-state index contributed by atoms with van der Waals surface area (Å²) in [5.74, 6) is 0.876. The topological polar surface area (TPSA) is 70.1 Å². The number of carbonyl (C=O) groups excluding carboxylic acids is 1. The molecule has 5 nitrogen and oxygen atoms in total. The Hall–Kier alpha value is -1.52. The van der Waals surface area contributed by atoms with Gasteiger partial charge in [0.1, 0.15) is 11.6 Å². The fourth-order valence-corrected chi connectivity index (χ4v) is 3.29. The van der Waals surface area contributed by atoms with Crippen LogP contribution in [0.1, 0.15) is 68.8 Å². The SMILES string of the molecule is CCc1nc(C(=O)OC)c(N)n1C1CCCCC1(C)C. The minimum atomic E-state index is -0.454. The van der Waals surface area contributed by atoms with Crippen molar-refractivity contribution >= 4 is 11.8 Å². The number of carbonyl (C=O) groups is 1. The van der Waals surface area contributed by atoms with E-state index in [9.17, 15) is 4.79 Å². The highest BCUT2D eigenvalue weighted by molar-refractivity contribution is 5.92. The third-order valence-electron chi connectivity index (χ3n) is 4.48. The van der Waals surface area contributed by atoms with Crippen molar-refractivity contribution in [3.63, 3.8) is 0 Å². The lowest BCUT2D eigenvalue weighted by Gasteiger charge is -2.40. The molecule has 0 spiro atoms. The Kier molecular flexibility index (Phi) is 4.06. The highest BCUT2D eigenvalue weighted by Gasteiger charge is 2.36. The van der Waals surface area contributed by atoms with Crippen molar-refractivity contribution in [2.75, 3.05) is 12.8 Å². The zero-order valence-electron chi connectivity index (χ0n) is 12.9. The number of anilines is 1. The van der Waals surface area contributed by atoms with Crippen molar-refractivity contribution in [1.29, 1.82) is 0 Å². The number of ether oxygens (including phenoxy) is 1. The molecule has 1 aliphatic rings. The van der Waals surface area contributed by atoms with Crippen LogP contribution >= 0.6 is 0 Å². The number of nitrogens with two attached hydrogens (primary N) is 1. The lowest BCUT2D eigenvalue weighted by Crippen LogP contribution is -2.32. The van der Waals surface area contributed by atoms with Gasteiger partial charge in [0.05, 0.1) is 7.11 Å². The molecular weight excluding hydrogens is 254 g/mol. The van der Waals surface area contributed by atoms with Crippen molar-refractivity contribution in [1.82, 2.24) is 9.55 Å². The van der Waals surface area contributed by atoms with Crippen LogP contribution in [0.15, 0.2) is 0 Å². The van der Waals surface area contributed by atoms with E-state index in [0.717, 1.165) is 18.7 Å². The summed E-state index contributed by atoms with van der Waals surface area (Å²) in [5, 5.41) is 0. The van der Waals surface area contributed by atoms with E-state index in [1.165, 1.54) is 26.4 Å². The summed E-state index contributed by atoms with van der Waals surface area (Å²) < 4.78 is 6.85. The first kappa shape index (κ1) is 14.9. The Labute approximate surface area is 120 Å². The number of nitrogens with zero attached hydrogens (tertiary/aromatic N) is 2. The number of hydrogen-bond donors (Lipinski definition) is 1. The van der Waals surface area contributed by atoms with E-state index >= 15 is 0 Å². The molecule has 0 radical (unpaired) electrons. The van der Waals surface area contributed by atoms with Gasteiger partial charge in [-0.25, -0.2) is 9.78 Å². The molecule has 2 N–H and O–H groups in total. The van der Waals surface area contributed by atoms with Crippen LogP contribution in [-0.4, -0.2) is 22.6 Å². The van der Waals surface area contributed by atoms with E-state index in [1.54, 1.807) is 0 Å². The molecule has 0 amide bonds. The molecule has 2 rings (SSSR count). The van der Waals surface area contributed by atoms with E-state index in [-0.39, 0.29) is 11.1 Å². The second-order valence-corrected chi connectivity index (χ2v) is 6.23. The molecule has 1 aromatic rings. The molecule has 1 fully saturated rings. The van der Waals surface area contributed by atoms with Crippen LogP contribution in [0, 0.1) is 5.41 Å². The van der Waals surface area contributed by atoms with Gasteiger partial charge in [-0.05, 0) is 18.3 Å². The molecule has 1 atom stereocenters. The minimum Gasteiger partial charge on any atom is -0.464 e. The summed E-state index contributed by atoms with van der Waals surface area (Å²) in [4.78, 5) is 16.2. The van der Waals surface area contributed by atoms with Gasteiger partial charge >= 0.3 is 5.97 Å². The Bertz CT molecular complexity index is 505. The summed E-state index contributed by atoms with van der Waals surface area (Å²) in [7, 11) is 1.36. The first-order valence-corrected chi connectivity index (χ1v) is 7.37. The summed E-state index contributed by atoms with van der Waals surface area (Å²) in [5.41, 5.74) is 6.63. The predicted molar refractivity (Wildman–Crippen MR) is 78.6 cm³/mol. The standard InChI is InChI=1S/C15H25N3O2/c1-5-11-17-12(14(19)20-4)13(16)18(11)10-8-6-7-9-15(10,2)3/h10H,5-9,16H2,1-4H3. The van der Waals surface area contributed by atoms with Crippen LogP contribution in [-0.2, 0) is 11.2 Å². The Morgan fingerprint density at radius 2 is 2.20 bits per heavy atom. The lowest BCUT2D eigenvalue weighted by molar-refractivity contribution is 0.0595. The van der Waals surface area contributed by atoms with Crippen molar-refractivity contribution in [3.05, 3.63) is 11.5 Å². The van der Waals surface area contributed by atoms with Crippen LogP contribution in [0.2, 0.25) is 0 Å². The number of imidazole rings is 1. The van der Waals surface area contributed by atoms with Crippen LogP contribution in [0.3, 0.4) is 0 Å². The van der Waals surface area contributed by atoms with Crippen molar-refractivity contribution < 1.29 is 9.53 Å². The third-order valence-corrected chi connectivity index (χ3v) is 4.48. The second-order valence-electron chi connectivity index (χ2n) is 6.23. The van der Waals surface area contributed by atoms with E-state index in [0.29, 0.717) is 11.9 Å². The molecule has 0 saturated heterocycles. The Balaban J connectivity index is 2.49. The lowest BCUT2D eigenvalue weighted by atomic mass is 9.73. The second kappa shape index (κ2) is 5.46. The van der Waals surface area contributed by atoms with Gasteiger partial charge in [0.2, 0.25) is 0 Å². The van der Waals surface area contributed by atoms with Crippen molar-refractivity contribution in [2.45, 2.75) is 58.9 Å². The average Bonchev–Trinajstić information content (AvgIpc) is 2.74. The molecule has 0 aromatic carbocycles. The summed E-state index contributed by atoms with van der Waals surface area (Å²) in [6.07, 6.45) is 5.47. The molecule has 0 bridgehead atoms. The van der Waals surface area contributed by atoms with Gasteiger partial charge in [0, 0.05) is 12.5 Å². The smallest absolute Gasteiger partial charge is 0.360 e. The molecule has 1 saturated carbocycles. The molecule has 5 heteroatoms. The highest BCUT2D eigenvalue weighted by Crippen LogP contribution is 2.45. The van der Waals surface area contributed by atoms with Gasteiger partial charge in [0.15, 0.2) is 5.69 Å². The summed E-state index contributed by atoms with van der Waals surface area (Å²) >= 11 is 0. The quantitative estimate of drug-likeness (QED) is 0.864. The van der Waals surface area contributed by atoms with Gasteiger partial charge in [-0.3, -0.25) is 0 Å². The van der Waals surface area contributed by atoms with Gasteiger partial charge in [-0.15, -0.1) is 0 Å². The van der Waals surface area contributed by atoms with E-state index in [4.69, 9.17) is 10.5 Å². The Morgan fingerprint density at radius 1 is 1.50 bits per heavy atom. The molecule has 1 aromatic heterocycles. The zero-order valence-corrected chi connectivity index (χ0v) is 12.9. The number of hydrogen-bond acceptors (Lipinski definition) is 4. The summed E-state index contributed by atoms with van der Waals surface area (Å²) in [6.45, 7) is 6.58. The monoisotopic (exact) mass is 279 g/mol. The third kappa shape index (κ3) is 2.41. The molecule has 1 aliphatic carbocycles. The Morgan fingerprint density at radius 3 is 2.75 bits per heavy atom. The number of esters is 1. The van der Waals surface area contributed by atoms with Gasteiger partial charge in [-0.1, -0.05) is 33.6 Å². The maximum atomic E-state index is 11.8. The largest absolute Gasteiger partial charge is 0.464 e. The number of aryl methyl sites for hydroxylation is 1. The molecule has 1 unspecified atom stereocenters. The predicted octanol–water partition coefficient (Wildman–Crippen LogP) is 2.96. The van der Waals surface area contributed by atoms with Crippen molar-refractivity contribution in [2.24, 2.45) is 5.41 Å². The normalized spacial score (nSPS) is 21.7. The maximum Gasteiger partial charge on any atom is 0.360 e. The molecule has 1 heterocycles. The number of rotatable bonds is 3. The van der Waals surface area contributed by atoms with E-state index in [1.807, 2.05) is 6.92 Å². The van der Waals surface area contributed by atoms with Gasteiger partial charge in [0.25, 0.3) is 0 Å². The average molecular weight is 279 g/mol. The molecule has 0 aliphatic heterocycles. The summed E-state index contributed by atoms with van der Waals surface area (Å²) in [6, 6.07) is 0.303. The number of aromatic nitrogens is 2. The van der Waals surface area contributed by atoms with Crippen LogP contribution in [0.25, 0.3) is 0 Å². The highest BCUT2D eigenvalue weighted by atomic mass is 16.5. The zero-order chi connectivity index (χ0) is 14.9. The van der Waals surface area contributed by atoms with Crippen molar-refractivity contribution in [3.8, 4) is 0 Å². The molecular formula is C15H25N3O2. The first-order valence-electron chi connectivity index (χ1n) is 7.37. The van der Waals surface area contributed by atoms with Crippen LogP contribution in [0.5, 0.6) is 0 Å². The first-order chi connectivity index (χ1) is 9.42. The number of methoxy groups -OCH3 is 1. The maximum absolute atomic E-state index is 11.8. The van der Waals surface area contributed by atoms with Gasteiger partial charge in [-0.2, -0.15) is 0 Å². The minimum absolute atomic E-state index is 0.171. The number of nitrogen functional groups attached to an aromatic ring is 1.